The number of nitrogens with zero attached hydrogens (tertiary/aromatic N) is 2. The van der Waals surface area contributed by atoms with Crippen molar-refractivity contribution in [1.82, 2.24) is 9.97 Å². The lowest BCUT2D eigenvalue weighted by atomic mass is 10.2. The van der Waals surface area contributed by atoms with Gasteiger partial charge in [0.05, 0.1) is 0 Å². The molecule has 132 valence electrons. The second-order valence-corrected chi connectivity index (χ2v) is 5.50. The van der Waals surface area contributed by atoms with E-state index in [1.54, 1.807) is 24.4 Å². The summed E-state index contributed by atoms with van der Waals surface area (Å²) < 4.78 is 37.3. The molecule has 2 heterocycles. The van der Waals surface area contributed by atoms with Crippen LogP contribution in [0.5, 0.6) is 11.5 Å². The maximum absolute atomic E-state index is 13.3. The average Bonchev–Trinajstić information content (AvgIpc) is 2.65. The van der Waals surface area contributed by atoms with Gasteiger partial charge in [-0.15, -0.1) is 0 Å². The van der Waals surface area contributed by atoms with Crippen molar-refractivity contribution in [2.45, 2.75) is 0 Å². The Bertz CT molecular complexity index is 952. The minimum atomic E-state index is -0.932. The zero-order valence-corrected chi connectivity index (χ0v) is 13.5. The van der Waals surface area contributed by atoms with E-state index < -0.39 is 11.6 Å². The lowest BCUT2D eigenvalue weighted by Crippen LogP contribution is -2.15. The Balaban J connectivity index is 1.51. The molecule has 3 aromatic rings. The molecule has 0 spiro atoms. The molecule has 0 saturated carbocycles. The van der Waals surface area contributed by atoms with Gasteiger partial charge in [-0.1, -0.05) is 0 Å². The van der Waals surface area contributed by atoms with Gasteiger partial charge in [0.25, 0.3) is 0 Å². The first-order valence-corrected chi connectivity index (χ1v) is 7.89. The van der Waals surface area contributed by atoms with Crippen LogP contribution in [0.2, 0.25) is 0 Å². The fraction of sp³-hybridized carbons (Fsp3) is 0.111. The van der Waals surface area contributed by atoms with E-state index in [-0.39, 0.29) is 0 Å². The molecule has 0 radical (unpaired) electrons. The molecule has 26 heavy (non-hydrogen) atoms. The predicted octanol–water partition coefficient (Wildman–Crippen LogP) is 4.01. The van der Waals surface area contributed by atoms with Gasteiger partial charge in [0, 0.05) is 29.7 Å². The van der Waals surface area contributed by atoms with Gasteiger partial charge in [-0.3, -0.25) is 0 Å². The van der Waals surface area contributed by atoms with Crippen LogP contribution in [-0.2, 0) is 0 Å². The minimum absolute atomic E-state index is 0.342. The molecule has 4 rings (SSSR count). The Morgan fingerprint density at radius 2 is 1.58 bits per heavy atom. The van der Waals surface area contributed by atoms with Gasteiger partial charge in [0.15, 0.2) is 23.1 Å². The van der Waals surface area contributed by atoms with E-state index in [0.717, 1.165) is 17.8 Å². The summed E-state index contributed by atoms with van der Waals surface area (Å²) in [6.07, 6.45) is 1.55. The molecule has 1 aliphatic rings. The molecule has 0 aliphatic carbocycles. The molecule has 0 atom stereocenters. The van der Waals surface area contributed by atoms with Gasteiger partial charge < -0.3 is 20.1 Å². The second-order valence-electron chi connectivity index (χ2n) is 5.50. The molecule has 0 fully saturated rings. The van der Waals surface area contributed by atoms with Gasteiger partial charge in [0.1, 0.15) is 19.0 Å². The van der Waals surface area contributed by atoms with Crippen molar-refractivity contribution in [3.05, 3.63) is 60.3 Å². The summed E-state index contributed by atoms with van der Waals surface area (Å²) in [5, 5.41) is 5.97. The molecule has 0 unspecified atom stereocenters. The second kappa shape index (κ2) is 6.83. The van der Waals surface area contributed by atoms with Crippen LogP contribution >= 0.6 is 0 Å². The average molecular weight is 356 g/mol. The van der Waals surface area contributed by atoms with Crippen molar-refractivity contribution < 1.29 is 18.3 Å². The summed E-state index contributed by atoms with van der Waals surface area (Å²) in [7, 11) is 0. The zero-order valence-electron chi connectivity index (χ0n) is 13.5. The number of anilines is 4. The van der Waals surface area contributed by atoms with Gasteiger partial charge in [-0.05, 0) is 30.3 Å². The number of hydrogen-bond donors (Lipinski definition) is 2. The third-order valence-electron chi connectivity index (χ3n) is 3.65. The fourth-order valence-electron chi connectivity index (χ4n) is 2.46. The first kappa shape index (κ1) is 16.1. The summed E-state index contributed by atoms with van der Waals surface area (Å²) in [5.74, 6) is 0.284. The molecule has 1 aromatic heterocycles. The largest absolute Gasteiger partial charge is 0.486 e. The topological polar surface area (TPSA) is 68.3 Å². The zero-order chi connectivity index (χ0) is 17.9. The number of nitrogens with one attached hydrogen (secondary N) is 2. The molecule has 2 N–H and O–H groups in total. The van der Waals surface area contributed by atoms with E-state index in [0.29, 0.717) is 42.2 Å². The van der Waals surface area contributed by atoms with Crippen molar-refractivity contribution in [3.8, 4) is 11.5 Å². The summed E-state index contributed by atoms with van der Waals surface area (Å²) >= 11 is 0. The first-order valence-electron chi connectivity index (χ1n) is 7.89. The van der Waals surface area contributed by atoms with Crippen molar-refractivity contribution in [2.24, 2.45) is 0 Å². The van der Waals surface area contributed by atoms with E-state index in [1.807, 2.05) is 6.07 Å². The molecule has 0 saturated heterocycles. The Morgan fingerprint density at radius 3 is 2.42 bits per heavy atom. The third-order valence-corrected chi connectivity index (χ3v) is 3.65. The highest BCUT2D eigenvalue weighted by Crippen LogP contribution is 2.33. The lowest BCUT2D eigenvalue weighted by Gasteiger charge is -2.19. The van der Waals surface area contributed by atoms with E-state index in [2.05, 4.69) is 20.6 Å². The van der Waals surface area contributed by atoms with Crippen molar-refractivity contribution in [1.29, 1.82) is 0 Å². The van der Waals surface area contributed by atoms with Crippen LogP contribution < -0.4 is 20.1 Å². The highest BCUT2D eigenvalue weighted by molar-refractivity contribution is 5.62. The van der Waals surface area contributed by atoms with Crippen molar-refractivity contribution in [3.63, 3.8) is 0 Å². The Hall–Kier alpha value is -3.42. The van der Waals surface area contributed by atoms with Crippen LogP contribution in [0.4, 0.5) is 31.9 Å². The summed E-state index contributed by atoms with van der Waals surface area (Å²) in [6, 6.07) is 10.6. The summed E-state index contributed by atoms with van der Waals surface area (Å²) in [4.78, 5) is 8.46. The summed E-state index contributed by atoms with van der Waals surface area (Å²) in [6.45, 7) is 1.03. The number of halogens is 2. The maximum Gasteiger partial charge on any atom is 0.229 e. The van der Waals surface area contributed by atoms with Crippen LogP contribution in [-0.4, -0.2) is 23.2 Å². The molecule has 1 aliphatic heterocycles. The van der Waals surface area contributed by atoms with Gasteiger partial charge in [0.2, 0.25) is 5.95 Å². The first-order chi connectivity index (χ1) is 12.7. The van der Waals surface area contributed by atoms with Crippen molar-refractivity contribution in [2.75, 3.05) is 23.8 Å². The van der Waals surface area contributed by atoms with Crippen molar-refractivity contribution >= 4 is 23.1 Å². The normalized spacial score (nSPS) is 12.5. The fourth-order valence-corrected chi connectivity index (χ4v) is 2.46. The number of fused-ring (bicyclic) bond motifs is 1. The molecule has 0 bridgehead atoms. The summed E-state index contributed by atoms with van der Waals surface area (Å²) in [5.41, 5.74) is 1.12. The van der Waals surface area contributed by atoms with Gasteiger partial charge in [-0.2, -0.15) is 4.98 Å². The molecule has 6 nitrogen and oxygen atoms in total. The SMILES string of the molecule is Fc1ccc(Nc2ccnc(Nc3ccc4c(c3)OCCO4)n2)cc1F. The van der Waals surface area contributed by atoms with Crippen LogP contribution in [0.25, 0.3) is 0 Å². The monoisotopic (exact) mass is 356 g/mol. The molecule has 2 aromatic carbocycles. The Labute approximate surface area is 147 Å². The number of hydrogen-bond acceptors (Lipinski definition) is 6. The third kappa shape index (κ3) is 3.49. The van der Waals surface area contributed by atoms with E-state index >= 15 is 0 Å². The van der Waals surface area contributed by atoms with Crippen LogP contribution in [0.15, 0.2) is 48.7 Å². The van der Waals surface area contributed by atoms with Crippen LogP contribution in [0, 0.1) is 11.6 Å². The molecule has 0 amide bonds. The number of rotatable bonds is 4. The molecular formula is C18H14F2N4O2. The number of benzene rings is 2. The van der Waals surface area contributed by atoms with Gasteiger partial charge >= 0.3 is 0 Å². The quantitative estimate of drug-likeness (QED) is 0.736. The van der Waals surface area contributed by atoms with E-state index in [9.17, 15) is 8.78 Å². The highest BCUT2D eigenvalue weighted by Gasteiger charge is 2.12. The number of ether oxygens (including phenoxy) is 2. The predicted molar refractivity (Wildman–Crippen MR) is 92.4 cm³/mol. The molecular weight excluding hydrogens is 342 g/mol. The van der Waals surface area contributed by atoms with Crippen LogP contribution in [0.3, 0.4) is 0 Å². The standard InChI is InChI=1S/C18H14F2N4O2/c19-13-3-1-11(9-14(13)20)22-17-5-6-21-18(24-17)23-12-2-4-15-16(10-12)26-8-7-25-15/h1-6,9-10H,7-8H2,(H2,21,22,23,24). The van der Waals surface area contributed by atoms with Gasteiger partial charge in [-0.25, -0.2) is 13.8 Å². The number of aromatic nitrogens is 2. The Morgan fingerprint density at radius 1 is 0.808 bits per heavy atom. The minimum Gasteiger partial charge on any atom is -0.486 e. The molecule has 8 heteroatoms. The van der Waals surface area contributed by atoms with E-state index in [1.165, 1.54) is 6.07 Å². The van der Waals surface area contributed by atoms with E-state index in [4.69, 9.17) is 9.47 Å². The smallest absolute Gasteiger partial charge is 0.229 e. The maximum atomic E-state index is 13.3. The lowest BCUT2D eigenvalue weighted by molar-refractivity contribution is 0.171. The van der Waals surface area contributed by atoms with Crippen LogP contribution in [0.1, 0.15) is 0 Å². The Kier molecular flexibility index (Phi) is 4.22. The highest BCUT2D eigenvalue weighted by atomic mass is 19.2.